The van der Waals surface area contributed by atoms with Gasteiger partial charge in [0.25, 0.3) is 5.91 Å². The predicted molar refractivity (Wildman–Crippen MR) is 105 cm³/mol. The van der Waals surface area contributed by atoms with Crippen molar-refractivity contribution in [3.8, 4) is 21.0 Å². The molecular weight excluding hydrogens is 364 g/mol. The molecule has 0 aliphatic rings. The number of carbonyl (C=O) groups is 1. The fourth-order valence-corrected chi connectivity index (χ4v) is 4.29. The van der Waals surface area contributed by atoms with E-state index in [4.69, 9.17) is 0 Å². The third-order valence-electron chi connectivity index (χ3n) is 3.94. The standard InChI is InChI=1S/C19H16N4OS2/c1-23-11-14(10-21-23)15-6-3-2-5-13(15)9-20-18(24)16-12-26-19(22-16)17-7-4-8-25-17/h2-8,10-12H,9H2,1H3,(H,20,24). The van der Waals surface area contributed by atoms with Gasteiger partial charge in [-0.1, -0.05) is 30.3 Å². The van der Waals surface area contributed by atoms with Crippen molar-refractivity contribution in [1.82, 2.24) is 20.1 Å². The molecule has 0 unspecified atom stereocenters. The number of aryl methyl sites for hydroxylation is 1. The van der Waals surface area contributed by atoms with Crippen molar-refractivity contribution in [1.29, 1.82) is 0 Å². The van der Waals surface area contributed by atoms with Crippen molar-refractivity contribution in [3.05, 3.63) is 70.8 Å². The zero-order valence-corrected chi connectivity index (χ0v) is 15.7. The summed E-state index contributed by atoms with van der Waals surface area (Å²) in [5.74, 6) is -0.162. The summed E-state index contributed by atoms with van der Waals surface area (Å²) in [6, 6.07) is 12.0. The molecule has 0 spiro atoms. The Labute approximate surface area is 159 Å². The molecule has 1 N–H and O–H groups in total. The zero-order chi connectivity index (χ0) is 17.9. The first kappa shape index (κ1) is 16.7. The number of nitrogens with zero attached hydrogens (tertiary/aromatic N) is 3. The first-order chi connectivity index (χ1) is 12.7. The van der Waals surface area contributed by atoms with E-state index in [1.807, 2.05) is 61.2 Å². The molecule has 0 aliphatic heterocycles. The summed E-state index contributed by atoms with van der Waals surface area (Å²) >= 11 is 3.11. The van der Waals surface area contributed by atoms with Crippen LogP contribution in [0.1, 0.15) is 16.1 Å². The van der Waals surface area contributed by atoms with E-state index in [9.17, 15) is 4.79 Å². The Kier molecular flexibility index (Phi) is 4.64. The second-order valence-corrected chi connectivity index (χ2v) is 7.56. The van der Waals surface area contributed by atoms with E-state index in [2.05, 4.69) is 15.4 Å². The van der Waals surface area contributed by atoms with E-state index in [1.54, 1.807) is 21.4 Å². The van der Waals surface area contributed by atoms with Crippen molar-refractivity contribution in [3.63, 3.8) is 0 Å². The van der Waals surface area contributed by atoms with E-state index < -0.39 is 0 Å². The molecule has 1 aromatic carbocycles. The number of amides is 1. The van der Waals surface area contributed by atoms with Gasteiger partial charge in [-0.2, -0.15) is 5.10 Å². The third kappa shape index (κ3) is 3.44. The molecular formula is C19H16N4OS2. The first-order valence-electron chi connectivity index (χ1n) is 8.05. The second-order valence-electron chi connectivity index (χ2n) is 5.76. The van der Waals surface area contributed by atoms with Crippen LogP contribution in [0, 0.1) is 0 Å². The van der Waals surface area contributed by atoms with E-state index in [0.717, 1.165) is 26.6 Å². The van der Waals surface area contributed by atoms with Gasteiger partial charge in [-0.3, -0.25) is 9.48 Å². The Bertz CT molecular complexity index is 1030. The minimum atomic E-state index is -0.162. The van der Waals surface area contributed by atoms with Crippen LogP contribution in [-0.2, 0) is 13.6 Å². The van der Waals surface area contributed by atoms with E-state index in [-0.39, 0.29) is 5.91 Å². The average Bonchev–Trinajstić information content (AvgIpc) is 3.40. The Balaban J connectivity index is 1.49. The van der Waals surface area contributed by atoms with Crippen molar-refractivity contribution in [2.75, 3.05) is 0 Å². The van der Waals surface area contributed by atoms with Crippen molar-refractivity contribution in [2.24, 2.45) is 7.05 Å². The molecule has 0 aliphatic carbocycles. The van der Waals surface area contributed by atoms with Gasteiger partial charge >= 0.3 is 0 Å². The van der Waals surface area contributed by atoms with Gasteiger partial charge in [0, 0.05) is 30.7 Å². The molecule has 0 fully saturated rings. The molecule has 3 heterocycles. The van der Waals surface area contributed by atoms with E-state index in [0.29, 0.717) is 12.2 Å². The lowest BCUT2D eigenvalue weighted by molar-refractivity contribution is 0.0947. The molecule has 4 rings (SSSR count). The molecule has 26 heavy (non-hydrogen) atoms. The SMILES string of the molecule is Cn1cc(-c2ccccc2CNC(=O)c2csc(-c3cccs3)n2)cn1. The fourth-order valence-electron chi connectivity index (χ4n) is 2.67. The van der Waals surface area contributed by atoms with Gasteiger partial charge in [0.05, 0.1) is 11.1 Å². The monoisotopic (exact) mass is 380 g/mol. The first-order valence-corrected chi connectivity index (χ1v) is 9.81. The number of thiophene rings is 1. The number of rotatable bonds is 5. The highest BCUT2D eigenvalue weighted by Crippen LogP contribution is 2.28. The maximum Gasteiger partial charge on any atom is 0.271 e. The quantitative estimate of drug-likeness (QED) is 0.564. The van der Waals surface area contributed by atoms with Crippen molar-refractivity contribution in [2.45, 2.75) is 6.54 Å². The van der Waals surface area contributed by atoms with Gasteiger partial charge in [0.15, 0.2) is 0 Å². The highest BCUT2D eigenvalue weighted by molar-refractivity contribution is 7.20. The lowest BCUT2D eigenvalue weighted by Crippen LogP contribution is -2.23. The number of benzene rings is 1. The number of hydrogen-bond acceptors (Lipinski definition) is 5. The summed E-state index contributed by atoms with van der Waals surface area (Å²) in [7, 11) is 1.89. The zero-order valence-electron chi connectivity index (χ0n) is 14.0. The van der Waals surface area contributed by atoms with Crippen LogP contribution in [-0.4, -0.2) is 20.7 Å². The molecule has 4 aromatic rings. The van der Waals surface area contributed by atoms with Crippen molar-refractivity contribution >= 4 is 28.6 Å². The molecule has 0 radical (unpaired) electrons. The van der Waals surface area contributed by atoms with Crippen LogP contribution in [0.4, 0.5) is 0 Å². The van der Waals surface area contributed by atoms with Gasteiger partial charge in [0.1, 0.15) is 10.7 Å². The third-order valence-corrected chi connectivity index (χ3v) is 5.82. The summed E-state index contributed by atoms with van der Waals surface area (Å²) in [5, 5.41) is 11.9. The van der Waals surface area contributed by atoms with Gasteiger partial charge < -0.3 is 5.32 Å². The second kappa shape index (κ2) is 7.23. The Morgan fingerprint density at radius 2 is 2.08 bits per heavy atom. The average molecular weight is 380 g/mol. The number of carbonyl (C=O) groups excluding carboxylic acids is 1. The smallest absolute Gasteiger partial charge is 0.271 e. The Hall–Kier alpha value is -2.77. The van der Waals surface area contributed by atoms with E-state index in [1.165, 1.54) is 11.3 Å². The van der Waals surface area contributed by atoms with Crippen LogP contribution in [0.2, 0.25) is 0 Å². The number of thiazole rings is 1. The largest absolute Gasteiger partial charge is 0.347 e. The van der Waals surface area contributed by atoms with Crippen LogP contribution in [0.25, 0.3) is 21.0 Å². The molecule has 0 saturated carbocycles. The Morgan fingerprint density at radius 1 is 1.19 bits per heavy atom. The fraction of sp³-hybridized carbons (Fsp3) is 0.105. The Morgan fingerprint density at radius 3 is 2.85 bits per heavy atom. The lowest BCUT2D eigenvalue weighted by atomic mass is 10.0. The molecule has 3 aromatic heterocycles. The summed E-state index contributed by atoms with van der Waals surface area (Å²) < 4.78 is 1.77. The van der Waals surface area contributed by atoms with Crippen LogP contribution in [0.3, 0.4) is 0 Å². The van der Waals surface area contributed by atoms with Crippen LogP contribution in [0.15, 0.2) is 59.6 Å². The molecule has 5 nitrogen and oxygen atoms in total. The highest BCUT2D eigenvalue weighted by atomic mass is 32.1. The highest BCUT2D eigenvalue weighted by Gasteiger charge is 2.13. The molecule has 0 atom stereocenters. The maximum atomic E-state index is 12.5. The predicted octanol–water partition coefficient (Wildman–Crippen LogP) is 4.20. The minimum Gasteiger partial charge on any atom is -0.347 e. The summed E-state index contributed by atoms with van der Waals surface area (Å²) in [6.07, 6.45) is 3.79. The van der Waals surface area contributed by atoms with Gasteiger partial charge in [0.2, 0.25) is 0 Å². The van der Waals surface area contributed by atoms with Crippen LogP contribution >= 0.6 is 22.7 Å². The lowest BCUT2D eigenvalue weighted by Gasteiger charge is -2.08. The van der Waals surface area contributed by atoms with Crippen molar-refractivity contribution < 1.29 is 4.79 Å². The molecule has 0 bridgehead atoms. The number of hydrogen-bond donors (Lipinski definition) is 1. The molecule has 7 heteroatoms. The number of nitrogens with one attached hydrogen (secondary N) is 1. The molecule has 1 amide bonds. The van der Waals surface area contributed by atoms with Gasteiger partial charge in [-0.25, -0.2) is 4.98 Å². The van der Waals surface area contributed by atoms with Gasteiger partial charge in [-0.15, -0.1) is 22.7 Å². The summed E-state index contributed by atoms with van der Waals surface area (Å²) in [4.78, 5) is 18.0. The van der Waals surface area contributed by atoms with E-state index >= 15 is 0 Å². The topological polar surface area (TPSA) is 59.8 Å². The minimum absolute atomic E-state index is 0.162. The number of aromatic nitrogens is 3. The normalized spacial score (nSPS) is 10.8. The van der Waals surface area contributed by atoms with Crippen LogP contribution < -0.4 is 5.32 Å². The maximum absolute atomic E-state index is 12.5. The van der Waals surface area contributed by atoms with Crippen LogP contribution in [0.5, 0.6) is 0 Å². The summed E-state index contributed by atoms with van der Waals surface area (Å²) in [6.45, 7) is 0.440. The molecule has 130 valence electrons. The molecule has 0 saturated heterocycles. The summed E-state index contributed by atoms with van der Waals surface area (Å²) in [5.41, 5.74) is 3.60. The van der Waals surface area contributed by atoms with Gasteiger partial charge in [-0.05, 0) is 22.6 Å².